The Hall–Kier alpha value is -2.08. The van der Waals surface area contributed by atoms with Gasteiger partial charge in [-0.25, -0.2) is 0 Å². The fourth-order valence-corrected chi connectivity index (χ4v) is 1.80. The van der Waals surface area contributed by atoms with Gasteiger partial charge in [-0.15, -0.1) is 5.10 Å². The minimum Gasteiger partial charge on any atom is -0.469 e. The first-order valence-corrected chi connectivity index (χ1v) is 7.97. The highest BCUT2D eigenvalue weighted by molar-refractivity contribution is 6.36. The number of hydrazone groups is 1. The minimum atomic E-state index is -0.571. The topological polar surface area (TPSA) is 77.0 Å². The summed E-state index contributed by atoms with van der Waals surface area (Å²) in [4.78, 5) is 23.4. The Bertz CT molecular complexity index is 592. The van der Waals surface area contributed by atoms with Crippen molar-refractivity contribution in [3.05, 3.63) is 29.3 Å². The average Bonchev–Trinajstić information content (AvgIpc) is 2.51. The first-order valence-electron chi connectivity index (χ1n) is 7.59. The van der Waals surface area contributed by atoms with E-state index in [1.54, 1.807) is 24.3 Å². The lowest BCUT2D eigenvalue weighted by Gasteiger charge is -2.21. The molecule has 24 heavy (non-hydrogen) atoms. The Morgan fingerprint density at radius 1 is 1.17 bits per heavy atom. The minimum absolute atomic E-state index is 0.0256. The van der Waals surface area contributed by atoms with Gasteiger partial charge in [-0.05, 0) is 51.5 Å². The lowest BCUT2D eigenvalue weighted by molar-refractivity contribution is -0.140. The molecule has 0 saturated carbocycles. The van der Waals surface area contributed by atoms with Crippen LogP contribution in [-0.2, 0) is 19.1 Å². The number of ether oxygens (including phenoxy) is 2. The molecule has 0 saturated heterocycles. The number of Topliss-reactive ketones (excluding diaryl/α,β-unsaturated/α-hetero) is 1. The van der Waals surface area contributed by atoms with Gasteiger partial charge in [0.15, 0.2) is 0 Å². The lowest BCUT2D eigenvalue weighted by Crippen LogP contribution is -2.30. The SMILES string of the molecule is COC(=O)CCCC(=O)/C(=N\Nc1ccc(Cl)cc1)OC(C)(C)C. The van der Waals surface area contributed by atoms with E-state index in [0.717, 1.165) is 0 Å². The molecule has 0 aliphatic rings. The molecule has 0 unspecified atom stereocenters. The predicted octanol–water partition coefficient (Wildman–Crippen LogP) is 3.79. The molecule has 0 aliphatic carbocycles. The zero-order chi connectivity index (χ0) is 18.2. The van der Waals surface area contributed by atoms with Crippen LogP contribution in [-0.4, -0.2) is 30.4 Å². The van der Waals surface area contributed by atoms with Crippen LogP contribution in [0.25, 0.3) is 0 Å². The highest BCUT2D eigenvalue weighted by Gasteiger charge is 2.21. The van der Waals surface area contributed by atoms with Gasteiger partial charge in [-0.1, -0.05) is 11.6 Å². The van der Waals surface area contributed by atoms with Crippen LogP contribution >= 0.6 is 11.6 Å². The van der Waals surface area contributed by atoms with E-state index in [1.165, 1.54) is 7.11 Å². The number of halogens is 1. The van der Waals surface area contributed by atoms with E-state index < -0.39 is 5.60 Å². The van der Waals surface area contributed by atoms with Crippen LogP contribution in [0.1, 0.15) is 40.0 Å². The van der Waals surface area contributed by atoms with Crippen LogP contribution in [0.3, 0.4) is 0 Å². The number of benzene rings is 1. The summed E-state index contributed by atoms with van der Waals surface area (Å²) in [6.07, 6.45) is 0.695. The molecule has 0 heterocycles. The van der Waals surface area contributed by atoms with E-state index in [1.807, 2.05) is 20.8 Å². The van der Waals surface area contributed by atoms with Crippen molar-refractivity contribution in [2.75, 3.05) is 12.5 Å². The fraction of sp³-hybridized carbons (Fsp3) is 0.471. The van der Waals surface area contributed by atoms with Crippen molar-refractivity contribution in [1.82, 2.24) is 0 Å². The lowest BCUT2D eigenvalue weighted by atomic mass is 10.1. The van der Waals surface area contributed by atoms with Gasteiger partial charge in [0.05, 0.1) is 12.8 Å². The number of nitrogens with one attached hydrogen (secondary N) is 1. The van der Waals surface area contributed by atoms with E-state index in [4.69, 9.17) is 16.3 Å². The molecule has 0 atom stereocenters. The third-order valence-electron chi connectivity index (χ3n) is 2.78. The Morgan fingerprint density at radius 2 is 1.79 bits per heavy atom. The van der Waals surface area contributed by atoms with Gasteiger partial charge < -0.3 is 9.47 Å². The molecular weight excluding hydrogens is 332 g/mol. The molecule has 6 nitrogen and oxygen atoms in total. The van der Waals surface area contributed by atoms with Crippen LogP contribution in [0.2, 0.25) is 5.02 Å². The highest BCUT2D eigenvalue weighted by atomic mass is 35.5. The van der Waals surface area contributed by atoms with Crippen LogP contribution < -0.4 is 5.43 Å². The summed E-state index contributed by atoms with van der Waals surface area (Å²) in [6.45, 7) is 5.48. The second-order valence-corrected chi connectivity index (χ2v) is 6.54. The zero-order valence-electron chi connectivity index (χ0n) is 14.4. The Kier molecular flexibility index (Phi) is 7.71. The number of hydrogen-bond acceptors (Lipinski definition) is 6. The molecule has 0 radical (unpaired) electrons. The first-order chi connectivity index (χ1) is 11.2. The van der Waals surface area contributed by atoms with Crippen molar-refractivity contribution < 1.29 is 19.1 Å². The van der Waals surface area contributed by atoms with E-state index in [0.29, 0.717) is 17.1 Å². The van der Waals surface area contributed by atoms with Gasteiger partial charge >= 0.3 is 5.97 Å². The number of nitrogens with zero attached hydrogens (tertiary/aromatic N) is 1. The molecule has 132 valence electrons. The zero-order valence-corrected chi connectivity index (χ0v) is 15.1. The number of anilines is 1. The van der Waals surface area contributed by atoms with Gasteiger partial charge in [0.25, 0.3) is 5.90 Å². The van der Waals surface area contributed by atoms with Gasteiger partial charge in [0.1, 0.15) is 5.60 Å². The van der Waals surface area contributed by atoms with Gasteiger partial charge in [0, 0.05) is 17.9 Å². The van der Waals surface area contributed by atoms with E-state index in [2.05, 4.69) is 15.3 Å². The van der Waals surface area contributed by atoms with Crippen molar-refractivity contribution in [2.45, 2.75) is 45.6 Å². The van der Waals surface area contributed by atoms with Crippen LogP contribution in [0.4, 0.5) is 5.69 Å². The third kappa shape index (κ3) is 7.97. The summed E-state index contributed by atoms with van der Waals surface area (Å²) in [5.74, 6) is -0.657. The molecule has 0 aliphatic heterocycles. The maximum Gasteiger partial charge on any atom is 0.305 e. The van der Waals surface area contributed by atoms with Crippen molar-refractivity contribution in [2.24, 2.45) is 5.10 Å². The van der Waals surface area contributed by atoms with Crippen molar-refractivity contribution in [1.29, 1.82) is 0 Å². The molecule has 0 fully saturated rings. The van der Waals surface area contributed by atoms with Crippen molar-refractivity contribution in [3.63, 3.8) is 0 Å². The first kappa shape index (κ1) is 20.0. The summed E-state index contributed by atoms with van der Waals surface area (Å²) in [6, 6.07) is 6.90. The number of rotatable bonds is 7. The number of hydrogen-bond donors (Lipinski definition) is 1. The predicted molar refractivity (Wildman–Crippen MR) is 94.2 cm³/mol. The molecule has 7 heteroatoms. The summed E-state index contributed by atoms with van der Waals surface area (Å²) in [5.41, 5.74) is 2.88. The molecule has 1 N–H and O–H groups in total. The Balaban J connectivity index is 2.75. The molecule has 1 rings (SSSR count). The quantitative estimate of drug-likeness (QED) is 0.349. The highest BCUT2D eigenvalue weighted by Crippen LogP contribution is 2.15. The molecule has 0 aromatic heterocycles. The normalized spacial score (nSPS) is 11.8. The smallest absolute Gasteiger partial charge is 0.305 e. The average molecular weight is 355 g/mol. The van der Waals surface area contributed by atoms with Gasteiger partial charge in [-0.3, -0.25) is 15.0 Å². The third-order valence-corrected chi connectivity index (χ3v) is 3.04. The Morgan fingerprint density at radius 3 is 2.33 bits per heavy atom. The summed E-state index contributed by atoms with van der Waals surface area (Å²) < 4.78 is 10.2. The fourth-order valence-electron chi connectivity index (χ4n) is 1.67. The van der Waals surface area contributed by atoms with E-state index >= 15 is 0 Å². The summed E-state index contributed by atoms with van der Waals surface area (Å²) in [5, 5.41) is 4.67. The monoisotopic (exact) mass is 354 g/mol. The molecule has 0 amide bonds. The maximum absolute atomic E-state index is 12.3. The number of carbonyl (C=O) groups excluding carboxylic acids is 2. The maximum atomic E-state index is 12.3. The van der Waals surface area contributed by atoms with Gasteiger partial charge in [0.2, 0.25) is 5.78 Å². The van der Waals surface area contributed by atoms with Crippen molar-refractivity contribution >= 4 is 34.9 Å². The standard InChI is InChI=1S/C17H23ClN2O4/c1-17(2,3)24-16(14(21)6-5-7-15(22)23-4)20-19-13-10-8-12(18)9-11-13/h8-11,19H,5-7H2,1-4H3/b20-16+. The number of carbonyl (C=O) groups is 2. The molecular formula is C17H23ClN2O4. The molecule has 0 bridgehead atoms. The number of ketones is 1. The number of esters is 1. The van der Waals surface area contributed by atoms with Crippen LogP contribution in [0.15, 0.2) is 29.4 Å². The molecule has 1 aromatic carbocycles. The molecule has 1 aromatic rings. The molecule has 0 spiro atoms. The van der Waals surface area contributed by atoms with Crippen LogP contribution in [0.5, 0.6) is 0 Å². The summed E-state index contributed by atoms with van der Waals surface area (Å²) in [7, 11) is 1.32. The van der Waals surface area contributed by atoms with E-state index in [9.17, 15) is 9.59 Å². The van der Waals surface area contributed by atoms with Crippen molar-refractivity contribution in [3.8, 4) is 0 Å². The summed E-state index contributed by atoms with van der Waals surface area (Å²) >= 11 is 5.83. The van der Waals surface area contributed by atoms with Gasteiger partial charge in [-0.2, -0.15) is 0 Å². The number of methoxy groups -OCH3 is 1. The van der Waals surface area contributed by atoms with Crippen LogP contribution in [0, 0.1) is 0 Å². The largest absolute Gasteiger partial charge is 0.469 e. The second-order valence-electron chi connectivity index (χ2n) is 6.10. The second kappa shape index (κ2) is 9.27. The van der Waals surface area contributed by atoms with E-state index in [-0.39, 0.29) is 30.5 Å². The Labute approximate surface area is 147 Å².